The molecule has 6 heteroatoms. The molecule has 1 fully saturated rings. The SMILES string of the molecule is N#Cc1ccc(-n2ccc3c(CC4SC(=O)NC4=O)cccc32)cc1. The number of amides is 2. The molecule has 4 rings (SSSR count). The molecule has 1 aliphatic rings. The Kier molecular flexibility index (Phi) is 3.79. The lowest BCUT2D eigenvalue weighted by molar-refractivity contribution is -0.118. The number of nitrogens with zero attached hydrogens (tertiary/aromatic N) is 2. The van der Waals surface area contributed by atoms with Crippen LogP contribution in [-0.2, 0) is 11.2 Å². The maximum atomic E-state index is 11.8. The first-order chi connectivity index (χ1) is 12.2. The fraction of sp³-hybridized carbons (Fsp3) is 0.105. The number of benzene rings is 2. The molecule has 3 aromatic rings. The van der Waals surface area contributed by atoms with E-state index in [-0.39, 0.29) is 16.4 Å². The molecule has 1 aliphatic heterocycles. The molecule has 0 saturated carbocycles. The number of nitrogens with one attached hydrogen (secondary N) is 1. The number of carbonyl (C=O) groups is 2. The van der Waals surface area contributed by atoms with Crippen LogP contribution in [0.25, 0.3) is 16.6 Å². The first kappa shape index (κ1) is 15.5. The molecule has 0 spiro atoms. The fourth-order valence-corrected chi connectivity index (χ4v) is 3.91. The van der Waals surface area contributed by atoms with Crippen molar-refractivity contribution in [3.8, 4) is 11.8 Å². The quantitative estimate of drug-likeness (QED) is 0.788. The van der Waals surface area contributed by atoms with E-state index in [1.54, 1.807) is 12.1 Å². The van der Waals surface area contributed by atoms with Gasteiger partial charge in [0.2, 0.25) is 5.91 Å². The highest BCUT2D eigenvalue weighted by atomic mass is 32.2. The van der Waals surface area contributed by atoms with Crippen molar-refractivity contribution in [1.82, 2.24) is 9.88 Å². The third-order valence-corrected chi connectivity index (χ3v) is 5.25. The van der Waals surface area contributed by atoms with Crippen molar-refractivity contribution >= 4 is 33.8 Å². The van der Waals surface area contributed by atoms with Crippen molar-refractivity contribution in [3.63, 3.8) is 0 Å². The molecule has 0 radical (unpaired) electrons. The molecule has 5 nitrogen and oxygen atoms in total. The van der Waals surface area contributed by atoms with E-state index in [1.165, 1.54) is 0 Å². The highest BCUT2D eigenvalue weighted by Gasteiger charge is 2.31. The predicted molar refractivity (Wildman–Crippen MR) is 96.6 cm³/mol. The Balaban J connectivity index is 1.71. The van der Waals surface area contributed by atoms with Crippen LogP contribution >= 0.6 is 11.8 Å². The maximum absolute atomic E-state index is 11.8. The van der Waals surface area contributed by atoms with E-state index in [0.29, 0.717) is 12.0 Å². The summed E-state index contributed by atoms with van der Waals surface area (Å²) < 4.78 is 2.05. The van der Waals surface area contributed by atoms with Gasteiger partial charge in [-0.05, 0) is 48.4 Å². The number of nitriles is 1. The summed E-state index contributed by atoms with van der Waals surface area (Å²) in [5.41, 5.74) is 3.65. The smallest absolute Gasteiger partial charge is 0.286 e. The number of hydrogen-bond donors (Lipinski definition) is 1. The van der Waals surface area contributed by atoms with Gasteiger partial charge in [-0.15, -0.1) is 0 Å². The lowest BCUT2D eigenvalue weighted by Gasteiger charge is -2.09. The van der Waals surface area contributed by atoms with Gasteiger partial charge in [0.15, 0.2) is 0 Å². The Morgan fingerprint density at radius 3 is 2.60 bits per heavy atom. The topological polar surface area (TPSA) is 74.9 Å². The average Bonchev–Trinajstić information content (AvgIpc) is 3.19. The van der Waals surface area contributed by atoms with Crippen LogP contribution in [0.3, 0.4) is 0 Å². The van der Waals surface area contributed by atoms with Crippen molar-refractivity contribution < 1.29 is 9.59 Å². The summed E-state index contributed by atoms with van der Waals surface area (Å²) in [5.74, 6) is -0.224. The number of aromatic nitrogens is 1. The number of imide groups is 1. The normalized spacial score (nSPS) is 16.8. The van der Waals surface area contributed by atoms with Gasteiger partial charge in [0, 0.05) is 17.3 Å². The number of rotatable bonds is 3. The van der Waals surface area contributed by atoms with E-state index < -0.39 is 0 Å². The monoisotopic (exact) mass is 347 g/mol. The summed E-state index contributed by atoms with van der Waals surface area (Å²) in [7, 11) is 0. The first-order valence-electron chi connectivity index (χ1n) is 7.76. The van der Waals surface area contributed by atoms with Crippen LogP contribution in [-0.4, -0.2) is 21.0 Å². The molecule has 1 unspecified atom stereocenters. The number of fused-ring (bicyclic) bond motifs is 1. The van der Waals surface area contributed by atoms with Gasteiger partial charge >= 0.3 is 0 Å². The van der Waals surface area contributed by atoms with E-state index in [0.717, 1.165) is 33.9 Å². The van der Waals surface area contributed by atoms with Crippen LogP contribution in [0.4, 0.5) is 4.79 Å². The second kappa shape index (κ2) is 6.11. The highest BCUT2D eigenvalue weighted by molar-refractivity contribution is 8.15. The summed E-state index contributed by atoms with van der Waals surface area (Å²) in [6.45, 7) is 0. The predicted octanol–water partition coefficient (Wildman–Crippen LogP) is 3.40. The van der Waals surface area contributed by atoms with Gasteiger partial charge in [0.1, 0.15) is 0 Å². The van der Waals surface area contributed by atoms with Gasteiger partial charge in [-0.1, -0.05) is 23.9 Å². The molecular weight excluding hydrogens is 334 g/mol. The van der Waals surface area contributed by atoms with Crippen molar-refractivity contribution in [1.29, 1.82) is 5.26 Å². The van der Waals surface area contributed by atoms with Crippen molar-refractivity contribution in [2.45, 2.75) is 11.7 Å². The van der Waals surface area contributed by atoms with E-state index in [1.807, 2.05) is 47.2 Å². The Morgan fingerprint density at radius 2 is 1.92 bits per heavy atom. The molecule has 0 aliphatic carbocycles. The second-order valence-corrected chi connectivity index (χ2v) is 6.96. The Bertz CT molecular complexity index is 1030. The zero-order valence-electron chi connectivity index (χ0n) is 13.1. The van der Waals surface area contributed by atoms with E-state index in [2.05, 4.69) is 11.4 Å². The summed E-state index contributed by atoms with van der Waals surface area (Å²) in [6, 6.07) is 17.5. The lowest BCUT2D eigenvalue weighted by atomic mass is 10.0. The van der Waals surface area contributed by atoms with Crippen LogP contribution < -0.4 is 5.32 Å². The zero-order valence-corrected chi connectivity index (χ0v) is 13.9. The molecule has 1 atom stereocenters. The van der Waals surface area contributed by atoms with Gasteiger partial charge in [0.05, 0.1) is 22.4 Å². The maximum Gasteiger partial charge on any atom is 0.286 e. The third-order valence-electron chi connectivity index (χ3n) is 4.27. The minimum absolute atomic E-state index is 0.224. The Hall–Kier alpha value is -3.04. The molecule has 2 amide bonds. The zero-order chi connectivity index (χ0) is 17.4. The minimum Gasteiger partial charge on any atom is -0.317 e. The molecule has 2 heterocycles. The van der Waals surface area contributed by atoms with Crippen molar-refractivity contribution in [2.24, 2.45) is 0 Å². The third kappa shape index (κ3) is 2.79. The standard InChI is InChI=1S/C19H13N3O2S/c20-11-12-4-6-14(7-5-12)22-9-8-15-13(2-1-3-16(15)22)10-17-18(23)21-19(24)25-17/h1-9,17H,10H2,(H,21,23,24). The Labute approximate surface area is 148 Å². The molecule has 2 aromatic carbocycles. The molecule has 1 aromatic heterocycles. The van der Waals surface area contributed by atoms with E-state index in [9.17, 15) is 9.59 Å². The Morgan fingerprint density at radius 1 is 1.12 bits per heavy atom. The molecule has 1 N–H and O–H groups in total. The highest BCUT2D eigenvalue weighted by Crippen LogP contribution is 2.28. The average molecular weight is 347 g/mol. The second-order valence-electron chi connectivity index (χ2n) is 5.78. The minimum atomic E-state index is -0.378. The van der Waals surface area contributed by atoms with Gasteiger partial charge < -0.3 is 4.57 Å². The summed E-state index contributed by atoms with van der Waals surface area (Å²) in [5, 5.41) is 11.7. The van der Waals surface area contributed by atoms with Gasteiger partial charge in [-0.2, -0.15) is 5.26 Å². The fourth-order valence-electron chi connectivity index (χ4n) is 3.06. The van der Waals surface area contributed by atoms with Crippen LogP contribution in [0.5, 0.6) is 0 Å². The van der Waals surface area contributed by atoms with Gasteiger partial charge in [-0.25, -0.2) is 0 Å². The number of carbonyl (C=O) groups excluding carboxylic acids is 2. The molecule has 1 saturated heterocycles. The molecular formula is C19H13N3O2S. The number of thioether (sulfide) groups is 1. The van der Waals surface area contributed by atoms with Crippen LogP contribution in [0.1, 0.15) is 11.1 Å². The van der Waals surface area contributed by atoms with E-state index in [4.69, 9.17) is 5.26 Å². The van der Waals surface area contributed by atoms with Crippen LogP contribution in [0.2, 0.25) is 0 Å². The largest absolute Gasteiger partial charge is 0.317 e. The van der Waals surface area contributed by atoms with Crippen LogP contribution in [0.15, 0.2) is 54.7 Å². The van der Waals surface area contributed by atoms with Gasteiger partial charge in [-0.3, -0.25) is 14.9 Å². The molecule has 122 valence electrons. The molecule has 0 bridgehead atoms. The first-order valence-corrected chi connectivity index (χ1v) is 8.64. The lowest BCUT2D eigenvalue weighted by Crippen LogP contribution is -2.25. The molecule has 25 heavy (non-hydrogen) atoms. The summed E-state index contributed by atoms with van der Waals surface area (Å²) in [6.07, 6.45) is 2.49. The van der Waals surface area contributed by atoms with Gasteiger partial charge in [0.25, 0.3) is 5.24 Å². The van der Waals surface area contributed by atoms with Crippen molar-refractivity contribution in [2.75, 3.05) is 0 Å². The van der Waals surface area contributed by atoms with E-state index >= 15 is 0 Å². The summed E-state index contributed by atoms with van der Waals surface area (Å²) >= 11 is 1.05. The number of hydrogen-bond acceptors (Lipinski definition) is 4. The van der Waals surface area contributed by atoms with Crippen molar-refractivity contribution in [3.05, 3.63) is 65.9 Å². The summed E-state index contributed by atoms with van der Waals surface area (Å²) in [4.78, 5) is 23.2. The van der Waals surface area contributed by atoms with Crippen LogP contribution in [0, 0.1) is 11.3 Å².